The van der Waals surface area contributed by atoms with E-state index in [9.17, 15) is 10.1 Å². The lowest BCUT2D eigenvalue weighted by Gasteiger charge is -2.17. The van der Waals surface area contributed by atoms with Gasteiger partial charge < -0.3 is 4.90 Å². The second kappa shape index (κ2) is 6.76. The highest BCUT2D eigenvalue weighted by atomic mass is 16.6. The van der Waals surface area contributed by atoms with Crippen molar-refractivity contribution in [1.82, 2.24) is 19.6 Å². The minimum atomic E-state index is -0.356. The summed E-state index contributed by atoms with van der Waals surface area (Å²) < 4.78 is 3.36. The van der Waals surface area contributed by atoms with Gasteiger partial charge in [-0.25, -0.2) is 9.36 Å². The molecule has 0 aliphatic heterocycles. The minimum Gasteiger partial charge on any atom is -0.350 e. The fourth-order valence-electron chi connectivity index (χ4n) is 2.92. The molecule has 0 atom stereocenters. The van der Waals surface area contributed by atoms with Gasteiger partial charge >= 0.3 is 5.69 Å². The smallest absolute Gasteiger partial charge is 0.334 e. The molecular weight excluding hydrogens is 320 g/mol. The third-order valence-corrected chi connectivity index (χ3v) is 4.02. The highest BCUT2D eigenvalue weighted by Crippen LogP contribution is 2.31. The van der Waals surface area contributed by atoms with E-state index in [4.69, 9.17) is 0 Å². The average molecular weight is 340 g/mol. The highest BCUT2D eigenvalue weighted by Gasteiger charge is 2.28. The summed E-state index contributed by atoms with van der Waals surface area (Å²) in [6, 6.07) is 9.80. The van der Waals surface area contributed by atoms with Crippen molar-refractivity contribution in [2.45, 2.75) is 19.9 Å². The predicted octanol–water partition coefficient (Wildman–Crippen LogP) is 2.71. The number of aromatic nitrogens is 4. The van der Waals surface area contributed by atoms with Crippen LogP contribution >= 0.6 is 0 Å². The number of hydrogen-bond donors (Lipinski definition) is 0. The van der Waals surface area contributed by atoms with Crippen LogP contribution in [-0.2, 0) is 20.0 Å². The Hall–Kier alpha value is -3.16. The van der Waals surface area contributed by atoms with E-state index in [0.717, 1.165) is 11.3 Å². The van der Waals surface area contributed by atoms with Crippen molar-refractivity contribution in [1.29, 1.82) is 0 Å². The summed E-state index contributed by atoms with van der Waals surface area (Å²) in [6.07, 6.45) is 4.21. The van der Waals surface area contributed by atoms with E-state index in [-0.39, 0.29) is 10.6 Å². The Bertz CT molecular complexity index is 884. The normalized spacial score (nSPS) is 10.8. The molecule has 0 aliphatic carbocycles. The molecular formula is C17H20N6O2. The second-order valence-corrected chi connectivity index (χ2v) is 5.84. The molecule has 0 saturated heterocycles. The van der Waals surface area contributed by atoms with Crippen LogP contribution in [0.2, 0.25) is 0 Å². The second-order valence-electron chi connectivity index (χ2n) is 5.84. The molecule has 8 heteroatoms. The number of nitro groups is 1. The lowest BCUT2D eigenvalue weighted by molar-refractivity contribution is -0.384. The average Bonchev–Trinajstić information content (AvgIpc) is 3.19. The van der Waals surface area contributed by atoms with E-state index in [2.05, 4.69) is 10.2 Å². The maximum Gasteiger partial charge on any atom is 0.334 e. The van der Waals surface area contributed by atoms with Crippen LogP contribution < -0.4 is 4.90 Å². The number of anilines is 1. The van der Waals surface area contributed by atoms with Crippen LogP contribution in [0.1, 0.15) is 18.2 Å². The number of para-hydroxylation sites is 1. The topological polar surface area (TPSA) is 82.0 Å². The summed E-state index contributed by atoms with van der Waals surface area (Å²) in [5.41, 5.74) is 2.49. The largest absolute Gasteiger partial charge is 0.350 e. The van der Waals surface area contributed by atoms with Crippen LogP contribution in [0.5, 0.6) is 0 Å². The quantitative estimate of drug-likeness (QED) is 0.509. The minimum absolute atomic E-state index is 0.0722. The van der Waals surface area contributed by atoms with Crippen molar-refractivity contribution in [2.75, 3.05) is 11.9 Å². The van der Waals surface area contributed by atoms with Gasteiger partial charge in [0.25, 0.3) is 0 Å². The van der Waals surface area contributed by atoms with E-state index in [0.29, 0.717) is 24.5 Å². The Morgan fingerprint density at radius 1 is 1.28 bits per heavy atom. The van der Waals surface area contributed by atoms with Crippen LogP contribution in [0, 0.1) is 10.1 Å². The van der Waals surface area contributed by atoms with Gasteiger partial charge in [-0.3, -0.25) is 10.1 Å². The number of rotatable bonds is 6. The van der Waals surface area contributed by atoms with Gasteiger partial charge in [-0.05, 0) is 18.6 Å². The zero-order valence-corrected chi connectivity index (χ0v) is 14.5. The summed E-state index contributed by atoms with van der Waals surface area (Å²) in [7, 11) is 3.55. The Labute approximate surface area is 145 Å². The molecule has 0 fully saturated rings. The van der Waals surface area contributed by atoms with Crippen LogP contribution in [0.25, 0.3) is 5.69 Å². The fraction of sp³-hybridized carbons (Fsp3) is 0.294. The monoisotopic (exact) mass is 340 g/mol. The van der Waals surface area contributed by atoms with Gasteiger partial charge in [-0.2, -0.15) is 10.2 Å². The van der Waals surface area contributed by atoms with Crippen molar-refractivity contribution in [3.8, 4) is 5.69 Å². The van der Waals surface area contributed by atoms with Gasteiger partial charge in [0, 0.05) is 32.4 Å². The summed E-state index contributed by atoms with van der Waals surface area (Å²) in [6.45, 7) is 2.36. The van der Waals surface area contributed by atoms with Crippen molar-refractivity contribution >= 4 is 11.5 Å². The standard InChI is InChI=1S/C17H20N6O2/c1-4-15-16(23(24)25)17(21(3)19-15)20(2)11-13-10-18-22(12-13)14-8-6-5-7-9-14/h5-10,12H,4,11H2,1-3H3. The summed E-state index contributed by atoms with van der Waals surface area (Å²) in [5.74, 6) is 0.495. The van der Waals surface area contributed by atoms with E-state index < -0.39 is 0 Å². The molecule has 130 valence electrons. The molecule has 0 amide bonds. The molecule has 2 heterocycles. The van der Waals surface area contributed by atoms with Gasteiger partial charge in [0.15, 0.2) is 0 Å². The van der Waals surface area contributed by atoms with E-state index in [1.807, 2.05) is 55.4 Å². The molecule has 0 radical (unpaired) electrons. The summed E-state index contributed by atoms with van der Waals surface area (Å²) in [4.78, 5) is 12.9. The summed E-state index contributed by atoms with van der Waals surface area (Å²) in [5, 5.41) is 20.1. The Morgan fingerprint density at radius 3 is 2.64 bits per heavy atom. The zero-order valence-electron chi connectivity index (χ0n) is 14.5. The van der Waals surface area contributed by atoms with E-state index in [1.165, 1.54) is 0 Å². The maximum absolute atomic E-state index is 11.5. The SMILES string of the molecule is CCc1nn(C)c(N(C)Cc2cnn(-c3ccccc3)c2)c1[N+](=O)[O-]. The molecule has 0 aliphatic rings. The van der Waals surface area contributed by atoms with Gasteiger partial charge in [-0.1, -0.05) is 25.1 Å². The predicted molar refractivity (Wildman–Crippen MR) is 94.9 cm³/mol. The first kappa shape index (κ1) is 16.7. The molecule has 0 saturated carbocycles. The van der Waals surface area contributed by atoms with Crippen molar-refractivity contribution < 1.29 is 4.92 Å². The molecule has 0 bridgehead atoms. The lowest BCUT2D eigenvalue weighted by atomic mass is 10.2. The van der Waals surface area contributed by atoms with E-state index in [1.54, 1.807) is 22.6 Å². The first-order valence-electron chi connectivity index (χ1n) is 8.01. The summed E-state index contributed by atoms with van der Waals surface area (Å²) >= 11 is 0. The third-order valence-electron chi connectivity index (χ3n) is 4.02. The number of benzene rings is 1. The lowest BCUT2D eigenvalue weighted by Crippen LogP contribution is -2.20. The van der Waals surface area contributed by atoms with Crippen molar-refractivity contribution in [2.24, 2.45) is 7.05 Å². The van der Waals surface area contributed by atoms with E-state index >= 15 is 0 Å². The third kappa shape index (κ3) is 3.23. The molecule has 0 spiro atoms. The molecule has 8 nitrogen and oxygen atoms in total. The van der Waals surface area contributed by atoms with Gasteiger partial charge in [0.1, 0.15) is 5.69 Å². The molecule has 0 N–H and O–H groups in total. The molecule has 3 rings (SSSR count). The van der Waals surface area contributed by atoms with Crippen LogP contribution in [-0.4, -0.2) is 31.5 Å². The first-order chi connectivity index (χ1) is 12.0. The molecule has 1 aromatic carbocycles. The molecule has 25 heavy (non-hydrogen) atoms. The van der Waals surface area contributed by atoms with Crippen molar-refractivity contribution in [3.05, 3.63) is 64.1 Å². The Balaban J connectivity index is 1.86. The van der Waals surface area contributed by atoms with Crippen molar-refractivity contribution in [3.63, 3.8) is 0 Å². The van der Waals surface area contributed by atoms with Crippen LogP contribution in [0.3, 0.4) is 0 Å². The molecule has 2 aromatic heterocycles. The maximum atomic E-state index is 11.5. The van der Waals surface area contributed by atoms with Crippen LogP contribution in [0.15, 0.2) is 42.7 Å². The highest BCUT2D eigenvalue weighted by molar-refractivity contribution is 5.61. The molecule has 3 aromatic rings. The molecule has 0 unspecified atom stereocenters. The number of nitrogens with zero attached hydrogens (tertiary/aromatic N) is 6. The number of aryl methyl sites for hydroxylation is 2. The van der Waals surface area contributed by atoms with Gasteiger partial charge in [-0.15, -0.1) is 0 Å². The fourth-order valence-corrected chi connectivity index (χ4v) is 2.92. The zero-order chi connectivity index (χ0) is 18.0. The Morgan fingerprint density at radius 2 is 2.00 bits per heavy atom. The Kier molecular flexibility index (Phi) is 4.51. The first-order valence-corrected chi connectivity index (χ1v) is 8.01. The van der Waals surface area contributed by atoms with Crippen LogP contribution in [0.4, 0.5) is 11.5 Å². The number of hydrogen-bond acceptors (Lipinski definition) is 5. The van der Waals surface area contributed by atoms with Gasteiger partial charge in [0.05, 0.1) is 16.8 Å². The van der Waals surface area contributed by atoms with Gasteiger partial charge in [0.2, 0.25) is 5.82 Å².